The van der Waals surface area contributed by atoms with Crippen LogP contribution in [-0.4, -0.2) is 65.6 Å². The van der Waals surface area contributed by atoms with Crippen molar-refractivity contribution in [1.29, 1.82) is 0 Å². The summed E-state index contributed by atoms with van der Waals surface area (Å²) in [7, 11) is 0. The second-order valence-electron chi connectivity index (χ2n) is 14.8. The summed E-state index contributed by atoms with van der Waals surface area (Å²) in [5, 5.41) is 24.8. The molecule has 0 radical (unpaired) electrons. The molecule has 0 unspecified atom stereocenters. The zero-order valence-electron chi connectivity index (χ0n) is 26.4. The summed E-state index contributed by atoms with van der Waals surface area (Å²) < 4.78 is 11.4. The van der Waals surface area contributed by atoms with Gasteiger partial charge in [0.05, 0.1) is 11.2 Å². The minimum absolute atomic E-state index is 0.144. The van der Waals surface area contributed by atoms with Crippen LogP contribution in [-0.2, 0) is 22.7 Å². The van der Waals surface area contributed by atoms with E-state index in [2.05, 4.69) is 0 Å². The summed E-state index contributed by atoms with van der Waals surface area (Å²) in [5.74, 6) is 0. The van der Waals surface area contributed by atoms with Crippen molar-refractivity contribution in [3.8, 4) is 0 Å². The first-order chi connectivity index (χ1) is 19.3. The number of piperidine rings is 2. The van der Waals surface area contributed by atoms with Crippen molar-refractivity contribution in [1.82, 2.24) is 9.80 Å². The van der Waals surface area contributed by atoms with E-state index in [-0.39, 0.29) is 38.9 Å². The first-order valence-electron chi connectivity index (χ1n) is 14.8. The molecule has 2 aromatic rings. The highest BCUT2D eigenvalue weighted by molar-refractivity contribution is 5.71. The van der Waals surface area contributed by atoms with Crippen LogP contribution < -0.4 is 0 Å². The van der Waals surface area contributed by atoms with Crippen LogP contribution in [0, 0.1) is 0 Å². The van der Waals surface area contributed by atoms with Gasteiger partial charge in [-0.2, -0.15) is 0 Å². The van der Waals surface area contributed by atoms with Crippen molar-refractivity contribution >= 4 is 12.2 Å². The van der Waals surface area contributed by atoms with E-state index in [0.29, 0.717) is 0 Å². The highest BCUT2D eigenvalue weighted by Crippen LogP contribution is 2.55. The Morgan fingerprint density at radius 2 is 0.833 bits per heavy atom. The first-order valence-corrected chi connectivity index (χ1v) is 14.8. The van der Waals surface area contributed by atoms with E-state index in [1.165, 1.54) is 0 Å². The molecule has 2 heterocycles. The molecular weight excluding hydrogens is 532 g/mol. The topological polar surface area (TPSA) is 99.5 Å². The number of carbonyl (C=O) groups excluding carboxylic acids is 2. The largest absolute Gasteiger partial charge is 0.445 e. The van der Waals surface area contributed by atoms with E-state index in [4.69, 9.17) is 9.47 Å². The molecule has 0 atom stereocenters. The molecule has 0 saturated carbocycles. The van der Waals surface area contributed by atoms with Crippen LogP contribution in [0.15, 0.2) is 60.7 Å². The van der Waals surface area contributed by atoms with Crippen molar-refractivity contribution < 1.29 is 29.3 Å². The maximum Gasteiger partial charge on any atom is 0.410 e. The van der Waals surface area contributed by atoms with E-state index in [9.17, 15) is 19.8 Å². The molecule has 2 saturated heterocycles. The molecule has 8 nitrogen and oxygen atoms in total. The predicted molar refractivity (Wildman–Crippen MR) is 162 cm³/mol. The molecule has 2 amide bonds. The summed E-state index contributed by atoms with van der Waals surface area (Å²) in [6.45, 7) is 15.5. The van der Waals surface area contributed by atoms with Gasteiger partial charge in [0.2, 0.25) is 0 Å². The Morgan fingerprint density at radius 1 is 0.571 bits per heavy atom. The fourth-order valence-electron chi connectivity index (χ4n) is 8.16. The van der Waals surface area contributed by atoms with Gasteiger partial charge in [-0.1, -0.05) is 60.7 Å². The lowest BCUT2D eigenvalue weighted by molar-refractivity contribution is -0.254. The van der Waals surface area contributed by atoms with E-state index < -0.39 is 45.5 Å². The molecule has 2 aromatic carbocycles. The first kappa shape index (κ1) is 31.8. The van der Waals surface area contributed by atoms with Gasteiger partial charge in [0.15, 0.2) is 0 Å². The molecule has 4 rings (SSSR count). The number of rotatable bonds is 5. The third kappa shape index (κ3) is 6.16. The van der Waals surface area contributed by atoms with Gasteiger partial charge in [-0.3, -0.25) is 9.80 Å². The molecule has 2 aliphatic rings. The van der Waals surface area contributed by atoms with Gasteiger partial charge in [0.1, 0.15) is 13.2 Å². The average Bonchev–Trinajstić information content (AvgIpc) is 2.84. The lowest BCUT2D eigenvalue weighted by Crippen LogP contribution is -2.77. The van der Waals surface area contributed by atoms with E-state index in [1.807, 2.05) is 116 Å². The lowest BCUT2D eigenvalue weighted by atomic mass is 9.57. The normalized spacial score (nSPS) is 23.1. The number of benzene rings is 2. The SMILES string of the molecule is CC1(C)CC(O)(C2(O)CC(C)(C)N(C(=O)OCc3ccccc3)C(C)(C)C2)CC(C)(C)N1C(=O)OCc1ccccc1. The van der Waals surface area contributed by atoms with Crippen LogP contribution in [0.4, 0.5) is 9.59 Å². The lowest BCUT2D eigenvalue weighted by Gasteiger charge is -2.65. The van der Waals surface area contributed by atoms with Gasteiger partial charge >= 0.3 is 12.2 Å². The molecule has 2 aliphatic heterocycles. The summed E-state index contributed by atoms with van der Waals surface area (Å²) in [6.07, 6.45) is -0.342. The van der Waals surface area contributed by atoms with Gasteiger partial charge < -0.3 is 19.7 Å². The Morgan fingerprint density at radius 3 is 1.10 bits per heavy atom. The van der Waals surface area contributed by atoms with Crippen molar-refractivity contribution in [3.05, 3.63) is 71.8 Å². The molecule has 0 aromatic heterocycles. The summed E-state index contributed by atoms with van der Waals surface area (Å²) in [6, 6.07) is 19.0. The number of ether oxygens (including phenoxy) is 2. The zero-order chi connectivity index (χ0) is 31.2. The molecular formula is C34H48N2O6. The number of hydrogen-bond acceptors (Lipinski definition) is 6. The Labute approximate surface area is 250 Å². The standard InChI is InChI=1S/C34H48N2O6/c1-29(2)21-33(39,22-30(3,4)35(29)27(37)41-19-25-15-11-9-12-16-25)34(40)23-31(5,6)36(32(7,8)24-34)28(38)42-20-26-17-13-10-14-18-26/h9-18,39-40H,19-24H2,1-8H3. The van der Waals surface area contributed by atoms with E-state index >= 15 is 0 Å². The third-order valence-corrected chi connectivity index (χ3v) is 8.96. The van der Waals surface area contributed by atoms with Crippen LogP contribution in [0.2, 0.25) is 0 Å². The molecule has 230 valence electrons. The van der Waals surface area contributed by atoms with Gasteiger partial charge in [0.25, 0.3) is 0 Å². The number of amides is 2. The van der Waals surface area contributed by atoms with Crippen molar-refractivity contribution in [2.75, 3.05) is 0 Å². The number of hydrogen-bond donors (Lipinski definition) is 2. The number of likely N-dealkylation sites (tertiary alicyclic amines) is 2. The molecule has 8 heteroatoms. The van der Waals surface area contributed by atoms with Crippen molar-refractivity contribution in [2.45, 2.75) is 128 Å². The molecule has 0 bridgehead atoms. The van der Waals surface area contributed by atoms with Gasteiger partial charge in [-0.25, -0.2) is 9.59 Å². The van der Waals surface area contributed by atoms with E-state index in [0.717, 1.165) is 11.1 Å². The number of carbonyl (C=O) groups is 2. The third-order valence-electron chi connectivity index (χ3n) is 8.96. The minimum atomic E-state index is -1.54. The second kappa shape index (κ2) is 10.9. The molecule has 0 spiro atoms. The highest BCUT2D eigenvalue weighted by Gasteiger charge is 2.66. The van der Waals surface area contributed by atoms with Crippen LogP contribution in [0.3, 0.4) is 0 Å². The highest BCUT2D eigenvalue weighted by atomic mass is 16.6. The van der Waals surface area contributed by atoms with Crippen molar-refractivity contribution in [2.24, 2.45) is 0 Å². The summed E-state index contributed by atoms with van der Waals surface area (Å²) in [5.41, 5.74) is -4.62. The fourth-order valence-corrected chi connectivity index (χ4v) is 8.16. The molecule has 2 fully saturated rings. The Hall–Kier alpha value is -3.10. The zero-order valence-corrected chi connectivity index (χ0v) is 26.4. The fraction of sp³-hybridized carbons (Fsp3) is 0.588. The summed E-state index contributed by atoms with van der Waals surface area (Å²) >= 11 is 0. The Kier molecular flexibility index (Phi) is 8.24. The van der Waals surface area contributed by atoms with Crippen LogP contribution in [0.5, 0.6) is 0 Å². The van der Waals surface area contributed by atoms with Gasteiger partial charge in [-0.15, -0.1) is 0 Å². The predicted octanol–water partition coefficient (Wildman–Crippen LogP) is 6.43. The molecule has 0 aliphatic carbocycles. The maximum absolute atomic E-state index is 13.5. The quantitative estimate of drug-likeness (QED) is 0.423. The molecule has 42 heavy (non-hydrogen) atoms. The van der Waals surface area contributed by atoms with E-state index in [1.54, 1.807) is 9.80 Å². The average molecular weight is 581 g/mol. The van der Waals surface area contributed by atoms with Gasteiger partial charge in [0, 0.05) is 47.8 Å². The number of aliphatic hydroxyl groups is 2. The maximum atomic E-state index is 13.5. The monoisotopic (exact) mass is 580 g/mol. The Bertz CT molecular complexity index is 1140. The Balaban J connectivity index is 1.55. The van der Waals surface area contributed by atoms with Crippen LogP contribution >= 0.6 is 0 Å². The van der Waals surface area contributed by atoms with Crippen LogP contribution in [0.25, 0.3) is 0 Å². The minimum Gasteiger partial charge on any atom is -0.445 e. The second-order valence-corrected chi connectivity index (χ2v) is 14.8. The number of nitrogens with zero attached hydrogens (tertiary/aromatic N) is 2. The molecule has 2 N–H and O–H groups in total. The summed E-state index contributed by atoms with van der Waals surface area (Å²) in [4.78, 5) is 30.3. The van der Waals surface area contributed by atoms with Crippen LogP contribution in [0.1, 0.15) is 92.2 Å². The smallest absolute Gasteiger partial charge is 0.410 e. The van der Waals surface area contributed by atoms with Gasteiger partial charge in [-0.05, 0) is 66.5 Å². The van der Waals surface area contributed by atoms with Crippen molar-refractivity contribution in [3.63, 3.8) is 0 Å².